The number of aliphatic carboxylic acids is 1. The number of anilines is 1. The van der Waals surface area contributed by atoms with Crippen LogP contribution in [0.1, 0.15) is 18.9 Å². The lowest BCUT2D eigenvalue weighted by molar-refractivity contribution is -0.133. The van der Waals surface area contributed by atoms with Crippen molar-refractivity contribution in [2.45, 2.75) is 19.8 Å². The van der Waals surface area contributed by atoms with E-state index in [0.717, 1.165) is 30.3 Å². The molecule has 18 heavy (non-hydrogen) atoms. The Kier molecular flexibility index (Phi) is 6.28. The highest BCUT2D eigenvalue weighted by atomic mass is 32.2. The Labute approximate surface area is 111 Å². The number of nitrogens with one attached hydrogen (secondary N) is 1. The van der Waals surface area contributed by atoms with Gasteiger partial charge in [-0.1, -0.05) is 25.5 Å². The smallest absolute Gasteiger partial charge is 0.313 e. The van der Waals surface area contributed by atoms with Crippen LogP contribution in [0.4, 0.5) is 5.69 Å². The lowest BCUT2D eigenvalue weighted by Gasteiger charge is -2.05. The van der Waals surface area contributed by atoms with Crippen molar-refractivity contribution in [2.24, 2.45) is 0 Å². The molecule has 0 bridgehead atoms. The molecule has 0 atom stereocenters. The molecule has 0 unspecified atom stereocenters. The van der Waals surface area contributed by atoms with E-state index in [4.69, 9.17) is 5.11 Å². The maximum absolute atomic E-state index is 11.5. The minimum atomic E-state index is -0.906. The Balaban J connectivity index is 2.37. The second-order valence-electron chi connectivity index (χ2n) is 3.88. The first-order chi connectivity index (χ1) is 8.61. The summed E-state index contributed by atoms with van der Waals surface area (Å²) in [6, 6.07) is 7.71. The molecule has 0 radical (unpaired) electrons. The van der Waals surface area contributed by atoms with Crippen LogP contribution in [0.5, 0.6) is 0 Å². The second kappa shape index (κ2) is 7.76. The van der Waals surface area contributed by atoms with Crippen LogP contribution in [0.2, 0.25) is 0 Å². The van der Waals surface area contributed by atoms with Gasteiger partial charge in [0.1, 0.15) is 0 Å². The normalized spacial score (nSPS) is 10.1. The van der Waals surface area contributed by atoms with E-state index in [2.05, 4.69) is 12.2 Å². The summed E-state index contributed by atoms with van der Waals surface area (Å²) in [6.45, 7) is 2.12. The maximum atomic E-state index is 11.5. The fraction of sp³-hybridized carbons (Fsp3) is 0.385. The molecule has 0 aliphatic rings. The molecule has 1 rings (SSSR count). The third kappa shape index (κ3) is 5.72. The van der Waals surface area contributed by atoms with Gasteiger partial charge in [0, 0.05) is 5.69 Å². The number of amides is 1. The first kappa shape index (κ1) is 14.6. The molecule has 0 fully saturated rings. The Morgan fingerprint density at radius 3 is 2.44 bits per heavy atom. The third-order valence-corrected chi connectivity index (χ3v) is 3.15. The monoisotopic (exact) mass is 267 g/mol. The third-order valence-electron chi connectivity index (χ3n) is 2.24. The number of hydrogen-bond donors (Lipinski definition) is 2. The van der Waals surface area contributed by atoms with Gasteiger partial charge in [0.05, 0.1) is 11.5 Å². The van der Waals surface area contributed by atoms with Crippen LogP contribution in [0.3, 0.4) is 0 Å². The molecule has 2 N–H and O–H groups in total. The van der Waals surface area contributed by atoms with E-state index >= 15 is 0 Å². The van der Waals surface area contributed by atoms with E-state index in [1.54, 1.807) is 0 Å². The first-order valence-corrected chi connectivity index (χ1v) is 6.95. The first-order valence-electron chi connectivity index (χ1n) is 5.80. The zero-order valence-corrected chi connectivity index (χ0v) is 11.1. The number of carboxylic acids is 1. The Morgan fingerprint density at radius 1 is 1.22 bits per heavy atom. The van der Waals surface area contributed by atoms with E-state index < -0.39 is 5.97 Å². The van der Waals surface area contributed by atoms with Crippen LogP contribution in [0.25, 0.3) is 0 Å². The van der Waals surface area contributed by atoms with Crippen LogP contribution in [-0.4, -0.2) is 28.5 Å². The molecule has 0 saturated heterocycles. The number of carbonyl (C=O) groups excluding carboxylic acids is 1. The lowest BCUT2D eigenvalue weighted by atomic mass is 10.1. The van der Waals surface area contributed by atoms with Crippen LogP contribution < -0.4 is 5.32 Å². The minimum absolute atomic E-state index is 0.0527. The van der Waals surface area contributed by atoms with Gasteiger partial charge in [0.2, 0.25) is 5.91 Å². The average molecular weight is 267 g/mol. The molecule has 5 heteroatoms. The molecule has 0 aliphatic carbocycles. The van der Waals surface area contributed by atoms with Crippen LogP contribution >= 0.6 is 11.8 Å². The van der Waals surface area contributed by atoms with Crippen molar-refractivity contribution < 1.29 is 14.7 Å². The predicted octanol–water partition coefficient (Wildman–Crippen LogP) is 2.40. The molecule has 0 aromatic heterocycles. The van der Waals surface area contributed by atoms with E-state index in [-0.39, 0.29) is 17.4 Å². The highest BCUT2D eigenvalue weighted by molar-refractivity contribution is 8.00. The molecule has 98 valence electrons. The summed E-state index contributed by atoms with van der Waals surface area (Å²) in [6.07, 6.45) is 2.13. The van der Waals surface area contributed by atoms with Crippen molar-refractivity contribution in [2.75, 3.05) is 16.8 Å². The van der Waals surface area contributed by atoms with E-state index in [1.807, 2.05) is 24.3 Å². The van der Waals surface area contributed by atoms with Crippen molar-refractivity contribution in [3.05, 3.63) is 29.8 Å². The summed E-state index contributed by atoms with van der Waals surface area (Å²) >= 11 is 1.09. The predicted molar refractivity (Wildman–Crippen MR) is 74.0 cm³/mol. The van der Waals surface area contributed by atoms with Gasteiger partial charge in [-0.2, -0.15) is 0 Å². The number of carboxylic acid groups (broad SMARTS) is 1. The molecule has 0 saturated carbocycles. The van der Waals surface area contributed by atoms with Gasteiger partial charge in [-0.3, -0.25) is 9.59 Å². The number of carbonyl (C=O) groups is 2. The zero-order chi connectivity index (χ0) is 13.4. The molecule has 0 heterocycles. The summed E-state index contributed by atoms with van der Waals surface area (Å²) in [5.41, 5.74) is 1.99. The van der Waals surface area contributed by atoms with Gasteiger partial charge in [-0.05, 0) is 24.1 Å². The zero-order valence-electron chi connectivity index (χ0n) is 10.3. The topological polar surface area (TPSA) is 66.4 Å². The van der Waals surface area contributed by atoms with E-state index in [1.165, 1.54) is 5.56 Å². The quantitative estimate of drug-likeness (QED) is 0.796. The number of rotatable bonds is 7. The molecule has 4 nitrogen and oxygen atoms in total. The fourth-order valence-corrected chi connectivity index (χ4v) is 2.01. The number of thioether (sulfide) groups is 1. The maximum Gasteiger partial charge on any atom is 0.313 e. The van der Waals surface area contributed by atoms with Crippen LogP contribution in [0, 0.1) is 0 Å². The molecule has 1 amide bonds. The van der Waals surface area contributed by atoms with Crippen LogP contribution in [-0.2, 0) is 16.0 Å². The van der Waals surface area contributed by atoms with Gasteiger partial charge < -0.3 is 10.4 Å². The highest BCUT2D eigenvalue weighted by Gasteiger charge is 2.04. The molecule has 1 aromatic rings. The van der Waals surface area contributed by atoms with Gasteiger partial charge in [0.25, 0.3) is 0 Å². The van der Waals surface area contributed by atoms with Gasteiger partial charge in [0.15, 0.2) is 0 Å². The van der Waals surface area contributed by atoms with Crippen LogP contribution in [0.15, 0.2) is 24.3 Å². The number of hydrogen-bond acceptors (Lipinski definition) is 3. The summed E-state index contributed by atoms with van der Waals surface area (Å²) in [5, 5.41) is 11.2. The van der Waals surface area contributed by atoms with E-state index in [0.29, 0.717) is 0 Å². The SMILES string of the molecule is CCCc1ccc(NC(=O)CSCC(=O)O)cc1. The second-order valence-corrected chi connectivity index (χ2v) is 4.87. The number of aryl methyl sites for hydroxylation is 1. The summed E-state index contributed by atoms with van der Waals surface area (Å²) < 4.78 is 0. The Hall–Kier alpha value is -1.49. The Bertz CT molecular complexity index is 403. The van der Waals surface area contributed by atoms with Gasteiger partial charge in [-0.25, -0.2) is 0 Å². The van der Waals surface area contributed by atoms with E-state index in [9.17, 15) is 9.59 Å². The molecule has 1 aromatic carbocycles. The largest absolute Gasteiger partial charge is 0.481 e. The van der Waals surface area contributed by atoms with Crippen molar-refractivity contribution >= 4 is 29.3 Å². The van der Waals surface area contributed by atoms with Crippen molar-refractivity contribution in [1.82, 2.24) is 0 Å². The number of benzene rings is 1. The fourth-order valence-electron chi connectivity index (χ4n) is 1.47. The van der Waals surface area contributed by atoms with Gasteiger partial charge in [-0.15, -0.1) is 11.8 Å². The Morgan fingerprint density at radius 2 is 1.89 bits per heavy atom. The molecule has 0 aliphatic heterocycles. The summed E-state index contributed by atoms with van der Waals surface area (Å²) in [7, 11) is 0. The van der Waals surface area contributed by atoms with Crippen molar-refractivity contribution in [3.63, 3.8) is 0 Å². The summed E-state index contributed by atoms with van der Waals surface area (Å²) in [4.78, 5) is 21.8. The minimum Gasteiger partial charge on any atom is -0.481 e. The average Bonchev–Trinajstić information content (AvgIpc) is 2.31. The molecular weight excluding hydrogens is 250 g/mol. The summed E-state index contributed by atoms with van der Waals surface area (Å²) in [5.74, 6) is -0.979. The molecule has 0 spiro atoms. The lowest BCUT2D eigenvalue weighted by Crippen LogP contribution is -2.15. The molecular formula is C13H17NO3S. The van der Waals surface area contributed by atoms with Crippen molar-refractivity contribution in [1.29, 1.82) is 0 Å². The standard InChI is InChI=1S/C13H17NO3S/c1-2-3-10-4-6-11(7-5-10)14-12(15)8-18-9-13(16)17/h4-7H,2-3,8-9H2,1H3,(H,14,15)(H,16,17). The highest BCUT2D eigenvalue weighted by Crippen LogP contribution is 2.11. The van der Waals surface area contributed by atoms with Gasteiger partial charge >= 0.3 is 5.97 Å². The van der Waals surface area contributed by atoms with Crippen molar-refractivity contribution in [3.8, 4) is 0 Å².